The minimum atomic E-state index is 0. The Bertz CT molecular complexity index is 98.3. The van der Waals surface area contributed by atoms with E-state index in [0.29, 0.717) is 7.92 Å². The van der Waals surface area contributed by atoms with Crippen LogP contribution in [0.5, 0.6) is 0 Å². The van der Waals surface area contributed by atoms with Crippen LogP contribution in [0.25, 0.3) is 0 Å². The first-order valence-electron chi connectivity index (χ1n) is 3.30. The second kappa shape index (κ2) is 18.2. The van der Waals surface area contributed by atoms with Gasteiger partial charge in [-0.1, -0.05) is 24.3 Å². The van der Waals surface area contributed by atoms with Gasteiger partial charge in [0.2, 0.25) is 0 Å². The van der Waals surface area contributed by atoms with E-state index in [1.807, 2.05) is 30.7 Å². The van der Waals surface area contributed by atoms with Crippen molar-refractivity contribution in [2.75, 3.05) is 20.0 Å². The summed E-state index contributed by atoms with van der Waals surface area (Å²) in [5, 5.41) is 0. The fourth-order valence-corrected chi connectivity index (χ4v) is 0.321. The van der Waals surface area contributed by atoms with Gasteiger partial charge in [0.1, 0.15) is 0 Å². The summed E-state index contributed by atoms with van der Waals surface area (Å²) in [7, 11) is 0.380. The van der Waals surface area contributed by atoms with Gasteiger partial charge in [-0.15, -0.1) is 7.92 Å². The second-order valence-electron chi connectivity index (χ2n) is 2.30. The quantitative estimate of drug-likeness (QED) is 0.342. The van der Waals surface area contributed by atoms with Crippen molar-refractivity contribution in [3.8, 4) is 0 Å². The molecule has 3 radical (unpaired) electrons. The molecule has 0 fully saturated rings. The van der Waals surface area contributed by atoms with Crippen molar-refractivity contribution in [1.29, 1.82) is 0 Å². The van der Waals surface area contributed by atoms with Crippen LogP contribution in [-0.2, 0) is 19.5 Å². The molecule has 0 nitrogen and oxygen atoms in total. The van der Waals surface area contributed by atoms with Gasteiger partial charge in [0.05, 0.1) is 0 Å². The fraction of sp³-hybridized carbons (Fsp3) is 0.333. The Balaban J connectivity index is -0.000000107. The Kier molecular flexibility index (Phi) is 28.8. The molecule has 0 aromatic heterocycles. The maximum absolute atomic E-state index is 3.26. The molecule has 0 N–H and O–H groups in total. The molecule has 0 aromatic carbocycles. The molecule has 0 amide bonds. The van der Waals surface area contributed by atoms with Gasteiger partial charge in [0.15, 0.2) is 0 Å². The summed E-state index contributed by atoms with van der Waals surface area (Å²) >= 11 is 1.70. The van der Waals surface area contributed by atoms with Gasteiger partial charge in [0.25, 0.3) is 0 Å². The molecule has 73 valence electrons. The molecule has 0 atom stereocenters. The Hall–Kier alpha value is 1.32. The summed E-state index contributed by atoms with van der Waals surface area (Å²) in [5.74, 6) is 0. The predicted octanol–water partition coefficient (Wildman–Crippen LogP) is 2.62. The minimum absolute atomic E-state index is 0. The van der Waals surface area contributed by atoms with E-state index in [-0.39, 0.29) is 19.5 Å². The monoisotopic (exact) mass is 388 g/mol. The molecule has 0 spiro atoms. The van der Waals surface area contributed by atoms with Crippen molar-refractivity contribution in [2.24, 2.45) is 0 Å². The van der Waals surface area contributed by atoms with Crippen molar-refractivity contribution in [3.63, 3.8) is 0 Å². The van der Waals surface area contributed by atoms with Crippen molar-refractivity contribution < 1.29 is 19.5 Å². The van der Waals surface area contributed by atoms with Gasteiger partial charge < -0.3 is 0 Å². The largest absolute Gasteiger partial charge is 0.0767 e. The molecule has 1 aliphatic rings. The summed E-state index contributed by atoms with van der Waals surface area (Å²) in [4.78, 5) is 3.26. The van der Waals surface area contributed by atoms with Gasteiger partial charge in [-0.3, -0.25) is 0 Å². The van der Waals surface area contributed by atoms with E-state index < -0.39 is 0 Å². The van der Waals surface area contributed by atoms with Crippen LogP contribution in [0, 0.1) is 11.4 Å². The summed E-state index contributed by atoms with van der Waals surface area (Å²) in [6.07, 6.45) is 10.0. The Labute approximate surface area is 105 Å². The van der Waals surface area contributed by atoms with E-state index in [2.05, 4.69) is 25.0 Å². The Morgan fingerprint density at radius 2 is 1.17 bits per heavy atom. The van der Waals surface area contributed by atoms with Crippen LogP contribution < -0.4 is 0 Å². The van der Waals surface area contributed by atoms with E-state index in [1.54, 1.807) is 22.3 Å². The SMILES string of the molecule is CP(C)C.[CH2-][Te].[CH]1C=CC=C1.[Rh]. The van der Waals surface area contributed by atoms with Gasteiger partial charge in [-0.2, -0.15) is 0 Å². The van der Waals surface area contributed by atoms with Crippen molar-refractivity contribution >= 4 is 30.2 Å². The molecule has 0 saturated carbocycles. The molecule has 0 saturated heterocycles. The molecular weight excluding hydrogens is 370 g/mol. The summed E-state index contributed by atoms with van der Waals surface area (Å²) < 4.78 is 0. The second-order valence-corrected chi connectivity index (χ2v) is 4.99. The third kappa shape index (κ3) is 30.2. The van der Waals surface area contributed by atoms with Crippen molar-refractivity contribution in [3.05, 3.63) is 35.7 Å². The van der Waals surface area contributed by atoms with Gasteiger partial charge in [-0.25, -0.2) is 0 Å². The van der Waals surface area contributed by atoms with Crippen LogP contribution in [0.1, 0.15) is 0 Å². The van der Waals surface area contributed by atoms with Gasteiger partial charge in [-0.05, 0) is 20.0 Å². The molecule has 12 heavy (non-hydrogen) atoms. The van der Waals surface area contributed by atoms with Gasteiger partial charge >= 0.3 is 27.3 Å². The molecule has 0 unspecified atom stereocenters. The van der Waals surface area contributed by atoms with E-state index in [4.69, 9.17) is 0 Å². The summed E-state index contributed by atoms with van der Waals surface area (Å²) in [6, 6.07) is 0. The first-order valence-corrected chi connectivity index (χ1v) is 7.63. The first kappa shape index (κ1) is 19.0. The van der Waals surface area contributed by atoms with Crippen molar-refractivity contribution in [1.82, 2.24) is 0 Å². The van der Waals surface area contributed by atoms with Crippen molar-refractivity contribution in [2.45, 2.75) is 0 Å². The number of allylic oxidation sites excluding steroid dienone is 4. The zero-order valence-electron chi connectivity index (χ0n) is 7.78. The van der Waals surface area contributed by atoms with E-state index >= 15 is 0 Å². The standard InChI is InChI=1S/C5H5.C3H9P.CH2Te.Rh/c1-2-4-5-3-1;1-4(2)3;1-2;/h1-5H;1-3H3;1H2;/q;;-1;. The summed E-state index contributed by atoms with van der Waals surface area (Å²) in [6.45, 7) is 6.69. The average molecular weight is 386 g/mol. The van der Waals surface area contributed by atoms with Crippen LogP contribution in [0.15, 0.2) is 24.3 Å². The molecule has 0 heterocycles. The third-order valence-electron chi connectivity index (χ3n) is 0.556. The predicted molar refractivity (Wildman–Crippen MR) is 58.4 cm³/mol. The summed E-state index contributed by atoms with van der Waals surface area (Å²) in [5.41, 5.74) is 0. The van der Waals surface area contributed by atoms with Crippen LogP contribution >= 0.6 is 7.92 Å². The molecule has 1 aliphatic carbocycles. The van der Waals surface area contributed by atoms with E-state index in [0.717, 1.165) is 0 Å². The van der Waals surface area contributed by atoms with Crippen LogP contribution in [0.3, 0.4) is 0 Å². The molecular formula is C9H16PRhTe-. The topological polar surface area (TPSA) is 0 Å². The first-order chi connectivity index (χ1) is 5.23. The Morgan fingerprint density at radius 1 is 0.917 bits per heavy atom. The van der Waals surface area contributed by atoms with Crippen LogP contribution in [-0.4, -0.2) is 42.3 Å². The Morgan fingerprint density at radius 3 is 1.25 bits per heavy atom. The molecule has 0 bridgehead atoms. The molecule has 1 rings (SSSR count). The van der Waals surface area contributed by atoms with Crippen LogP contribution in [0.2, 0.25) is 0 Å². The molecule has 0 aromatic rings. The maximum Gasteiger partial charge on any atom is 0.00506 e. The van der Waals surface area contributed by atoms with E-state index in [9.17, 15) is 0 Å². The van der Waals surface area contributed by atoms with E-state index in [1.165, 1.54) is 0 Å². The zero-order chi connectivity index (χ0) is 9.11. The normalized spacial score (nSPS) is 10.8. The third-order valence-corrected chi connectivity index (χ3v) is 0.556. The number of hydrogen-bond acceptors (Lipinski definition) is 0. The average Bonchev–Trinajstić information content (AvgIpc) is 2.44. The fourth-order valence-electron chi connectivity index (χ4n) is 0.321. The number of hydrogen-bond donors (Lipinski definition) is 0. The maximum atomic E-state index is 3.26. The molecule has 0 aliphatic heterocycles. The minimum Gasteiger partial charge on any atom is -0.0767 e. The number of rotatable bonds is 0. The zero-order valence-corrected chi connectivity index (χ0v) is 12.6. The smallest absolute Gasteiger partial charge is 0.00506 e. The molecule has 3 heteroatoms. The van der Waals surface area contributed by atoms with Crippen LogP contribution in [0.4, 0.5) is 0 Å². The van der Waals surface area contributed by atoms with Gasteiger partial charge in [0, 0.05) is 25.9 Å².